The molecule has 0 N–H and O–H groups in total. The fourth-order valence-electron chi connectivity index (χ4n) is 1.02. The highest BCUT2D eigenvalue weighted by molar-refractivity contribution is 5.95. The zero-order valence-electron chi connectivity index (χ0n) is 8.72. The van der Waals surface area contributed by atoms with Crippen molar-refractivity contribution in [2.24, 2.45) is 5.92 Å². The lowest BCUT2D eigenvalue weighted by Crippen LogP contribution is -2.25. The van der Waals surface area contributed by atoms with Gasteiger partial charge in [0.1, 0.15) is 0 Å². The third kappa shape index (κ3) is 2.68. The second-order valence-corrected chi connectivity index (χ2v) is 3.21. The standard InChI is InChI=1S/C10H19NO/c1-6-9(11(5)7-2)10(12)8(3)4/h6,8H,7H2,1-5H3/b9-6-. The van der Waals surface area contributed by atoms with E-state index in [-0.39, 0.29) is 11.7 Å². The molecule has 12 heavy (non-hydrogen) atoms. The maximum Gasteiger partial charge on any atom is 0.181 e. The highest BCUT2D eigenvalue weighted by Crippen LogP contribution is 2.09. The van der Waals surface area contributed by atoms with Gasteiger partial charge in [0.25, 0.3) is 0 Å². The van der Waals surface area contributed by atoms with Crippen LogP contribution in [-0.2, 0) is 4.79 Å². The van der Waals surface area contributed by atoms with Crippen molar-refractivity contribution in [1.29, 1.82) is 0 Å². The van der Waals surface area contributed by atoms with Crippen LogP contribution < -0.4 is 0 Å². The van der Waals surface area contributed by atoms with Crippen molar-refractivity contribution < 1.29 is 4.79 Å². The highest BCUT2D eigenvalue weighted by Gasteiger charge is 2.14. The van der Waals surface area contributed by atoms with Gasteiger partial charge in [0.2, 0.25) is 0 Å². The predicted octanol–water partition coefficient (Wildman–Crippen LogP) is 2.07. The van der Waals surface area contributed by atoms with Crippen LogP contribution in [0, 0.1) is 5.92 Å². The van der Waals surface area contributed by atoms with E-state index in [1.54, 1.807) is 0 Å². The Morgan fingerprint density at radius 3 is 2.25 bits per heavy atom. The fraction of sp³-hybridized carbons (Fsp3) is 0.700. The highest BCUT2D eigenvalue weighted by atomic mass is 16.1. The minimum Gasteiger partial charge on any atom is -0.372 e. The van der Waals surface area contributed by atoms with E-state index in [4.69, 9.17) is 0 Å². The second kappa shape index (κ2) is 4.96. The molecule has 0 rings (SSSR count). The SMILES string of the molecule is C/C=C(/C(=O)C(C)C)N(C)CC. The Hall–Kier alpha value is -0.790. The molecule has 0 radical (unpaired) electrons. The van der Waals surface area contributed by atoms with Crippen LogP contribution in [0.1, 0.15) is 27.7 Å². The summed E-state index contributed by atoms with van der Waals surface area (Å²) in [7, 11) is 1.94. The summed E-state index contributed by atoms with van der Waals surface area (Å²) in [5.74, 6) is 0.312. The molecule has 0 aromatic rings. The van der Waals surface area contributed by atoms with Gasteiger partial charge >= 0.3 is 0 Å². The number of ketones is 1. The van der Waals surface area contributed by atoms with Crippen molar-refractivity contribution in [2.45, 2.75) is 27.7 Å². The van der Waals surface area contributed by atoms with Crippen LogP contribution in [-0.4, -0.2) is 24.3 Å². The minimum atomic E-state index is 0.0881. The van der Waals surface area contributed by atoms with E-state index in [0.717, 1.165) is 12.2 Å². The van der Waals surface area contributed by atoms with E-state index in [1.807, 2.05) is 45.7 Å². The number of Topliss-reactive ketones (excluding diaryl/α,β-unsaturated/α-hetero) is 1. The van der Waals surface area contributed by atoms with Gasteiger partial charge in [0.15, 0.2) is 5.78 Å². The Bertz CT molecular complexity index is 182. The van der Waals surface area contributed by atoms with Crippen LogP contribution in [0.3, 0.4) is 0 Å². The topological polar surface area (TPSA) is 20.3 Å². The van der Waals surface area contributed by atoms with E-state index < -0.39 is 0 Å². The summed E-state index contributed by atoms with van der Waals surface area (Å²) in [6, 6.07) is 0. The van der Waals surface area contributed by atoms with Gasteiger partial charge in [-0.3, -0.25) is 4.79 Å². The molecule has 0 aromatic heterocycles. The van der Waals surface area contributed by atoms with Gasteiger partial charge in [-0.25, -0.2) is 0 Å². The van der Waals surface area contributed by atoms with Gasteiger partial charge in [-0.15, -0.1) is 0 Å². The average molecular weight is 169 g/mol. The molecule has 0 bridgehead atoms. The number of carbonyl (C=O) groups is 1. The molecule has 0 aromatic carbocycles. The number of likely N-dealkylation sites (N-methyl/N-ethyl adjacent to an activating group) is 1. The Labute approximate surface area is 75.3 Å². The monoisotopic (exact) mass is 169 g/mol. The van der Waals surface area contributed by atoms with E-state index in [9.17, 15) is 4.79 Å². The van der Waals surface area contributed by atoms with Crippen LogP contribution in [0.15, 0.2) is 11.8 Å². The molecule has 0 aliphatic heterocycles. The van der Waals surface area contributed by atoms with E-state index in [1.165, 1.54) is 0 Å². The van der Waals surface area contributed by atoms with Crippen LogP contribution in [0.4, 0.5) is 0 Å². The summed E-state index contributed by atoms with van der Waals surface area (Å²) in [6.45, 7) is 8.67. The van der Waals surface area contributed by atoms with Crippen molar-refractivity contribution in [2.75, 3.05) is 13.6 Å². The molecule has 0 amide bonds. The van der Waals surface area contributed by atoms with E-state index in [0.29, 0.717) is 0 Å². The van der Waals surface area contributed by atoms with Gasteiger partial charge in [-0.2, -0.15) is 0 Å². The third-order valence-electron chi connectivity index (χ3n) is 1.94. The number of nitrogens with zero attached hydrogens (tertiary/aromatic N) is 1. The number of rotatable bonds is 4. The fourth-order valence-corrected chi connectivity index (χ4v) is 1.02. The molecule has 2 nitrogen and oxygen atoms in total. The molecule has 0 atom stereocenters. The summed E-state index contributed by atoms with van der Waals surface area (Å²) in [5.41, 5.74) is 0.826. The van der Waals surface area contributed by atoms with Crippen LogP contribution >= 0.6 is 0 Å². The number of allylic oxidation sites excluding steroid dienone is 2. The van der Waals surface area contributed by atoms with Gasteiger partial charge < -0.3 is 4.90 Å². The molecule has 70 valence electrons. The van der Waals surface area contributed by atoms with Crippen molar-refractivity contribution in [3.63, 3.8) is 0 Å². The van der Waals surface area contributed by atoms with Crippen LogP contribution in [0.2, 0.25) is 0 Å². The largest absolute Gasteiger partial charge is 0.372 e. The molecule has 0 fully saturated rings. The predicted molar refractivity (Wildman–Crippen MR) is 51.9 cm³/mol. The lowest BCUT2D eigenvalue weighted by Gasteiger charge is -2.20. The lowest BCUT2D eigenvalue weighted by molar-refractivity contribution is -0.119. The molecule has 0 aliphatic rings. The Morgan fingerprint density at radius 1 is 1.50 bits per heavy atom. The molecule has 0 saturated carbocycles. The molecular formula is C10H19NO. The quantitative estimate of drug-likeness (QED) is 0.600. The molecule has 0 unspecified atom stereocenters. The molecule has 0 saturated heterocycles. The summed E-state index contributed by atoms with van der Waals surface area (Å²) in [5, 5.41) is 0. The maximum atomic E-state index is 11.6. The summed E-state index contributed by atoms with van der Waals surface area (Å²) >= 11 is 0. The molecule has 0 aliphatic carbocycles. The first kappa shape index (κ1) is 11.2. The first-order chi connectivity index (χ1) is 5.54. The van der Waals surface area contributed by atoms with Gasteiger partial charge in [0, 0.05) is 19.5 Å². The van der Waals surface area contributed by atoms with Gasteiger partial charge in [0.05, 0.1) is 5.70 Å². The van der Waals surface area contributed by atoms with Crippen molar-refractivity contribution >= 4 is 5.78 Å². The normalized spacial score (nSPS) is 12.0. The lowest BCUT2D eigenvalue weighted by atomic mass is 10.1. The molecule has 0 heterocycles. The number of carbonyl (C=O) groups excluding carboxylic acids is 1. The van der Waals surface area contributed by atoms with E-state index >= 15 is 0 Å². The van der Waals surface area contributed by atoms with Gasteiger partial charge in [-0.1, -0.05) is 19.9 Å². The smallest absolute Gasteiger partial charge is 0.181 e. The summed E-state index contributed by atoms with van der Waals surface area (Å²) < 4.78 is 0. The Balaban J connectivity index is 4.48. The van der Waals surface area contributed by atoms with Crippen molar-refractivity contribution in [1.82, 2.24) is 4.90 Å². The third-order valence-corrected chi connectivity index (χ3v) is 1.94. The van der Waals surface area contributed by atoms with E-state index in [2.05, 4.69) is 0 Å². The summed E-state index contributed by atoms with van der Waals surface area (Å²) in [4.78, 5) is 13.5. The first-order valence-corrected chi connectivity index (χ1v) is 4.46. The first-order valence-electron chi connectivity index (χ1n) is 4.46. The molecular weight excluding hydrogens is 150 g/mol. The summed E-state index contributed by atoms with van der Waals surface area (Å²) in [6.07, 6.45) is 1.88. The van der Waals surface area contributed by atoms with Crippen LogP contribution in [0.25, 0.3) is 0 Å². The average Bonchev–Trinajstić information content (AvgIpc) is 2.05. The minimum absolute atomic E-state index is 0.0881. The molecule has 0 spiro atoms. The maximum absolute atomic E-state index is 11.6. The van der Waals surface area contributed by atoms with Crippen molar-refractivity contribution in [3.05, 3.63) is 11.8 Å². The van der Waals surface area contributed by atoms with Crippen molar-refractivity contribution in [3.8, 4) is 0 Å². The molecule has 2 heteroatoms. The zero-order valence-corrected chi connectivity index (χ0v) is 8.72. The Kier molecular flexibility index (Phi) is 4.64. The van der Waals surface area contributed by atoms with Gasteiger partial charge in [-0.05, 0) is 13.8 Å². The number of hydrogen-bond acceptors (Lipinski definition) is 2. The van der Waals surface area contributed by atoms with Crippen LogP contribution in [0.5, 0.6) is 0 Å². The zero-order chi connectivity index (χ0) is 9.72. The second-order valence-electron chi connectivity index (χ2n) is 3.21. The Morgan fingerprint density at radius 2 is 2.00 bits per heavy atom. The number of hydrogen-bond donors (Lipinski definition) is 0.